The van der Waals surface area contributed by atoms with Crippen LogP contribution in [-0.2, 0) is 4.74 Å². The first-order chi connectivity index (χ1) is 8.95. The van der Waals surface area contributed by atoms with E-state index >= 15 is 0 Å². The van der Waals surface area contributed by atoms with Gasteiger partial charge in [0.05, 0.1) is 6.10 Å². The normalized spacial score (nSPS) is 24.6. The molecule has 0 radical (unpaired) electrons. The number of aromatic nitrogens is 1. The Morgan fingerprint density at radius 1 is 1.63 bits per heavy atom. The van der Waals surface area contributed by atoms with Crippen molar-refractivity contribution in [3.8, 4) is 0 Å². The molecule has 1 N–H and O–H groups in total. The molecule has 0 aromatic carbocycles. The van der Waals surface area contributed by atoms with E-state index in [1.165, 1.54) is 0 Å². The van der Waals surface area contributed by atoms with Gasteiger partial charge in [0.1, 0.15) is 4.60 Å². The minimum Gasteiger partial charge on any atom is -0.378 e. The maximum Gasteiger partial charge on any atom is 0.251 e. The lowest BCUT2D eigenvalue weighted by Gasteiger charge is -2.51. The molecular weight excluding hydrogens is 308 g/mol. The van der Waals surface area contributed by atoms with Crippen molar-refractivity contribution >= 4 is 21.8 Å². The quantitative estimate of drug-likeness (QED) is 0.865. The van der Waals surface area contributed by atoms with Crippen molar-refractivity contribution in [3.63, 3.8) is 0 Å². The fourth-order valence-corrected chi connectivity index (χ4v) is 2.76. The molecule has 1 aromatic rings. The molecule has 104 valence electrons. The average molecular weight is 327 g/mol. The molecule has 2 atom stereocenters. The Morgan fingerprint density at radius 2 is 2.37 bits per heavy atom. The molecule has 1 fully saturated rings. The Hall–Kier alpha value is -0.940. The lowest BCUT2D eigenvalue weighted by molar-refractivity contribution is -0.111. The molecule has 0 bridgehead atoms. The van der Waals surface area contributed by atoms with Crippen LogP contribution in [0.25, 0.3) is 0 Å². The first-order valence-corrected chi connectivity index (χ1v) is 7.28. The molecule has 4 nitrogen and oxygen atoms in total. The van der Waals surface area contributed by atoms with Crippen molar-refractivity contribution in [1.29, 1.82) is 0 Å². The molecule has 2 unspecified atom stereocenters. The Bertz CT molecular complexity index is 476. The molecule has 0 aliphatic heterocycles. The monoisotopic (exact) mass is 326 g/mol. The Balaban J connectivity index is 1.98. The molecule has 1 heterocycles. The number of carbonyl (C=O) groups is 1. The molecule has 1 saturated carbocycles. The van der Waals surface area contributed by atoms with E-state index in [1.807, 2.05) is 6.92 Å². The van der Waals surface area contributed by atoms with Gasteiger partial charge >= 0.3 is 0 Å². The predicted molar refractivity (Wildman–Crippen MR) is 77.0 cm³/mol. The fraction of sp³-hybridized carbons (Fsp3) is 0.571. The molecule has 5 heteroatoms. The maximum atomic E-state index is 12.2. The first-order valence-electron chi connectivity index (χ1n) is 6.49. The number of nitrogens with zero attached hydrogens (tertiary/aromatic N) is 1. The van der Waals surface area contributed by atoms with Gasteiger partial charge in [0.25, 0.3) is 5.91 Å². The summed E-state index contributed by atoms with van der Waals surface area (Å²) in [5.41, 5.74) is 0.605. The van der Waals surface area contributed by atoms with Crippen LogP contribution in [0, 0.1) is 5.41 Å². The summed E-state index contributed by atoms with van der Waals surface area (Å²) >= 11 is 3.27. The van der Waals surface area contributed by atoms with E-state index in [1.54, 1.807) is 18.3 Å². The van der Waals surface area contributed by atoms with Gasteiger partial charge in [-0.3, -0.25) is 4.79 Å². The smallest absolute Gasteiger partial charge is 0.251 e. The van der Waals surface area contributed by atoms with Gasteiger partial charge in [-0.2, -0.15) is 0 Å². The van der Waals surface area contributed by atoms with E-state index in [-0.39, 0.29) is 23.5 Å². The van der Waals surface area contributed by atoms with Crippen LogP contribution in [0.2, 0.25) is 0 Å². The van der Waals surface area contributed by atoms with Gasteiger partial charge in [0.2, 0.25) is 0 Å². The van der Waals surface area contributed by atoms with Crippen LogP contribution >= 0.6 is 15.9 Å². The first kappa shape index (κ1) is 14.5. The Kier molecular flexibility index (Phi) is 4.26. The van der Waals surface area contributed by atoms with Gasteiger partial charge in [-0.05, 0) is 41.4 Å². The van der Waals surface area contributed by atoms with Gasteiger partial charge in [-0.15, -0.1) is 0 Å². The fourth-order valence-electron chi connectivity index (χ4n) is 2.40. The zero-order valence-electron chi connectivity index (χ0n) is 11.4. The molecule has 1 amide bonds. The summed E-state index contributed by atoms with van der Waals surface area (Å²) in [6.45, 7) is 6.97. The van der Waals surface area contributed by atoms with Crippen molar-refractivity contribution in [3.05, 3.63) is 28.5 Å². The second-order valence-electron chi connectivity index (χ2n) is 5.39. The van der Waals surface area contributed by atoms with Crippen molar-refractivity contribution in [1.82, 2.24) is 10.3 Å². The average Bonchev–Trinajstić information content (AvgIpc) is 2.37. The molecule has 1 aliphatic rings. The van der Waals surface area contributed by atoms with Crippen LogP contribution in [0.5, 0.6) is 0 Å². The molecule has 0 spiro atoms. The van der Waals surface area contributed by atoms with Crippen molar-refractivity contribution < 1.29 is 9.53 Å². The third-order valence-electron chi connectivity index (χ3n) is 3.84. The highest BCUT2D eigenvalue weighted by Crippen LogP contribution is 2.42. The SMILES string of the molecule is CCOC1CC(NC(=O)c2ccnc(Br)c2)C1(C)C. The summed E-state index contributed by atoms with van der Waals surface area (Å²) in [6, 6.07) is 3.59. The summed E-state index contributed by atoms with van der Waals surface area (Å²) in [4.78, 5) is 16.2. The largest absolute Gasteiger partial charge is 0.378 e. The topological polar surface area (TPSA) is 51.2 Å². The zero-order chi connectivity index (χ0) is 14.0. The number of ether oxygens (including phenoxy) is 1. The van der Waals surface area contributed by atoms with E-state index in [9.17, 15) is 4.79 Å². The van der Waals surface area contributed by atoms with Crippen LogP contribution in [0.15, 0.2) is 22.9 Å². The lowest BCUT2D eigenvalue weighted by atomic mass is 9.64. The number of carbonyl (C=O) groups excluding carboxylic acids is 1. The second-order valence-corrected chi connectivity index (χ2v) is 6.21. The summed E-state index contributed by atoms with van der Waals surface area (Å²) in [6.07, 6.45) is 2.72. The van der Waals surface area contributed by atoms with Gasteiger partial charge in [0, 0.05) is 29.8 Å². The Morgan fingerprint density at radius 3 is 2.95 bits per heavy atom. The maximum absolute atomic E-state index is 12.2. The number of nitrogens with one attached hydrogen (secondary N) is 1. The summed E-state index contributed by atoms with van der Waals surface area (Å²) in [7, 11) is 0. The summed E-state index contributed by atoms with van der Waals surface area (Å²) in [5, 5.41) is 3.07. The number of pyridine rings is 1. The van der Waals surface area contributed by atoms with Crippen LogP contribution in [0.4, 0.5) is 0 Å². The number of hydrogen-bond donors (Lipinski definition) is 1. The highest BCUT2D eigenvalue weighted by Gasteiger charge is 2.49. The van der Waals surface area contributed by atoms with Crippen molar-refractivity contribution in [2.75, 3.05) is 6.61 Å². The van der Waals surface area contributed by atoms with E-state index < -0.39 is 0 Å². The lowest BCUT2D eigenvalue weighted by Crippen LogP contribution is -2.62. The predicted octanol–water partition coefficient (Wildman–Crippen LogP) is 2.78. The second kappa shape index (κ2) is 5.59. The zero-order valence-corrected chi connectivity index (χ0v) is 13.0. The van der Waals surface area contributed by atoms with Crippen LogP contribution < -0.4 is 5.32 Å². The molecule has 19 heavy (non-hydrogen) atoms. The molecule has 1 aliphatic carbocycles. The highest BCUT2D eigenvalue weighted by atomic mass is 79.9. The number of halogens is 1. The van der Waals surface area contributed by atoms with Gasteiger partial charge in [-0.1, -0.05) is 13.8 Å². The molecule has 0 saturated heterocycles. The van der Waals surface area contributed by atoms with E-state index in [0.717, 1.165) is 6.42 Å². The number of amides is 1. The van der Waals surface area contributed by atoms with E-state index in [4.69, 9.17) is 4.74 Å². The molecule has 2 rings (SSSR count). The third kappa shape index (κ3) is 2.98. The summed E-state index contributed by atoms with van der Waals surface area (Å²) in [5.74, 6) is -0.0591. The standard InChI is InChI=1S/C14H19BrN2O2/c1-4-19-11-8-10(14(11,2)3)17-13(18)9-5-6-16-12(15)7-9/h5-7,10-11H,4,8H2,1-3H3,(H,17,18). The van der Waals surface area contributed by atoms with E-state index in [2.05, 4.69) is 40.1 Å². The van der Waals surface area contributed by atoms with Crippen LogP contribution in [-0.4, -0.2) is 29.6 Å². The van der Waals surface area contributed by atoms with Gasteiger partial charge in [0.15, 0.2) is 0 Å². The van der Waals surface area contributed by atoms with E-state index in [0.29, 0.717) is 16.8 Å². The minimum absolute atomic E-state index is 0.0179. The van der Waals surface area contributed by atoms with Crippen LogP contribution in [0.1, 0.15) is 37.6 Å². The third-order valence-corrected chi connectivity index (χ3v) is 4.27. The molecule has 1 aromatic heterocycles. The summed E-state index contributed by atoms with van der Waals surface area (Å²) < 4.78 is 6.33. The number of rotatable bonds is 4. The molecular formula is C14H19BrN2O2. The van der Waals surface area contributed by atoms with Gasteiger partial charge in [-0.25, -0.2) is 4.98 Å². The van der Waals surface area contributed by atoms with Crippen molar-refractivity contribution in [2.45, 2.75) is 39.3 Å². The van der Waals surface area contributed by atoms with Crippen LogP contribution in [0.3, 0.4) is 0 Å². The van der Waals surface area contributed by atoms with Gasteiger partial charge < -0.3 is 10.1 Å². The number of hydrogen-bond acceptors (Lipinski definition) is 3. The van der Waals surface area contributed by atoms with Crippen molar-refractivity contribution in [2.24, 2.45) is 5.41 Å². The highest BCUT2D eigenvalue weighted by molar-refractivity contribution is 9.10. The Labute approximate surface area is 122 Å². The minimum atomic E-state index is -0.0591.